The summed E-state index contributed by atoms with van der Waals surface area (Å²) in [6, 6.07) is 0. The van der Waals surface area contributed by atoms with Crippen LogP contribution in [0.25, 0.3) is 0 Å². The summed E-state index contributed by atoms with van der Waals surface area (Å²) >= 11 is 0. The first kappa shape index (κ1) is 17.5. The summed E-state index contributed by atoms with van der Waals surface area (Å²) in [5.74, 6) is -0.191. The van der Waals surface area contributed by atoms with Gasteiger partial charge in [-0.15, -0.1) is 0 Å². The summed E-state index contributed by atoms with van der Waals surface area (Å²) in [6.07, 6.45) is 21.7. The largest absolute Gasteiger partial charge is 0.455 e. The average molecular weight is 288 g/mol. The maximum atomic E-state index is 11.4. The van der Waals surface area contributed by atoms with Crippen molar-refractivity contribution in [2.24, 2.45) is 0 Å². The highest BCUT2D eigenvalue weighted by Gasteiger charge is 2.19. The number of hydrogen-bond donors (Lipinski definition) is 0. The molecule has 0 saturated carbocycles. The minimum atomic E-state index is -0.191. The zero-order valence-electron chi connectivity index (χ0n) is 13.2. The molecule has 0 unspecified atom stereocenters. The Morgan fingerprint density at radius 2 is 1.71 bits per heavy atom. The zero-order chi connectivity index (χ0) is 15.3. The molecule has 0 saturated heterocycles. The van der Waals surface area contributed by atoms with Gasteiger partial charge in [0, 0.05) is 0 Å². The predicted molar refractivity (Wildman–Crippen MR) is 89.1 cm³/mol. The molecule has 21 heavy (non-hydrogen) atoms. The first-order valence-corrected chi connectivity index (χ1v) is 8.11. The third kappa shape index (κ3) is 8.34. The van der Waals surface area contributed by atoms with Crippen LogP contribution in [0.4, 0.5) is 0 Å². The molecule has 0 aromatic heterocycles. The third-order valence-electron chi connectivity index (χ3n) is 3.50. The molecule has 2 nitrogen and oxygen atoms in total. The van der Waals surface area contributed by atoms with E-state index in [0.717, 1.165) is 6.42 Å². The fourth-order valence-corrected chi connectivity index (χ4v) is 2.35. The first-order chi connectivity index (χ1) is 10.2. The molecule has 1 heterocycles. The van der Waals surface area contributed by atoms with Crippen molar-refractivity contribution in [3.63, 3.8) is 0 Å². The van der Waals surface area contributed by atoms with Crippen LogP contribution >= 0.6 is 0 Å². The van der Waals surface area contributed by atoms with E-state index in [0.29, 0.717) is 5.57 Å². The number of allylic oxidation sites excluding steroid dienone is 4. The molecule has 116 valence electrons. The van der Waals surface area contributed by atoms with Gasteiger partial charge in [0.2, 0.25) is 0 Å². The second-order valence-corrected chi connectivity index (χ2v) is 5.50. The number of unbranched alkanes of at least 4 members (excludes halogenated alkanes) is 7. The van der Waals surface area contributed by atoms with Crippen LogP contribution < -0.4 is 0 Å². The van der Waals surface area contributed by atoms with Crippen molar-refractivity contribution in [3.8, 4) is 0 Å². The van der Waals surface area contributed by atoms with Gasteiger partial charge < -0.3 is 4.74 Å². The number of hydrogen-bond acceptors (Lipinski definition) is 2. The van der Waals surface area contributed by atoms with Gasteiger partial charge in [-0.25, -0.2) is 4.79 Å². The van der Waals surface area contributed by atoms with E-state index in [1.807, 2.05) is 31.2 Å². The van der Waals surface area contributed by atoms with Crippen molar-refractivity contribution in [2.45, 2.75) is 64.4 Å². The molecule has 0 spiro atoms. The standard InChI is InChI=1S/C19H28O2/c1-3-4-5-6-7-8-9-10-11-12-13-14-15-18-16-17(2)21-19(18)20/h3-5,14-17H,1,6-13H2,2H3/b5-4-,15-14+/t17-/m1/s1. The molecule has 0 aliphatic carbocycles. The fourth-order valence-electron chi connectivity index (χ4n) is 2.35. The van der Waals surface area contributed by atoms with E-state index in [9.17, 15) is 4.79 Å². The van der Waals surface area contributed by atoms with E-state index < -0.39 is 0 Å². The second-order valence-electron chi connectivity index (χ2n) is 5.50. The van der Waals surface area contributed by atoms with Crippen LogP contribution in [0.2, 0.25) is 0 Å². The molecule has 2 heteroatoms. The van der Waals surface area contributed by atoms with Gasteiger partial charge in [0.25, 0.3) is 0 Å². The quantitative estimate of drug-likeness (QED) is 0.294. The van der Waals surface area contributed by atoms with Gasteiger partial charge in [0.05, 0.1) is 5.57 Å². The van der Waals surface area contributed by atoms with Crippen LogP contribution in [0.15, 0.2) is 48.6 Å². The summed E-state index contributed by atoms with van der Waals surface area (Å²) in [5.41, 5.74) is 0.704. The molecule has 0 amide bonds. The Bertz CT molecular complexity index is 402. The van der Waals surface area contributed by atoms with Crippen molar-refractivity contribution in [1.82, 2.24) is 0 Å². The SMILES string of the molecule is C=C/C=C\CCCCCCCC/C=C/C1=C[C@@H](C)OC1=O. The lowest BCUT2D eigenvalue weighted by Gasteiger charge is -1.99. The van der Waals surface area contributed by atoms with Crippen LogP contribution in [0.3, 0.4) is 0 Å². The molecule has 1 atom stereocenters. The maximum absolute atomic E-state index is 11.4. The van der Waals surface area contributed by atoms with E-state index in [1.54, 1.807) is 0 Å². The van der Waals surface area contributed by atoms with Crippen LogP contribution in [0.1, 0.15) is 58.3 Å². The van der Waals surface area contributed by atoms with E-state index in [1.165, 1.54) is 44.9 Å². The number of carbonyl (C=O) groups is 1. The Morgan fingerprint density at radius 1 is 1.10 bits per heavy atom. The Kier molecular flexibility index (Phi) is 9.26. The van der Waals surface area contributed by atoms with Gasteiger partial charge in [-0.05, 0) is 38.7 Å². The highest BCUT2D eigenvalue weighted by Crippen LogP contribution is 2.15. The lowest BCUT2D eigenvalue weighted by Crippen LogP contribution is -2.02. The topological polar surface area (TPSA) is 26.3 Å². The van der Waals surface area contributed by atoms with E-state index in [-0.39, 0.29) is 12.1 Å². The lowest BCUT2D eigenvalue weighted by molar-refractivity contribution is -0.138. The first-order valence-electron chi connectivity index (χ1n) is 8.11. The van der Waals surface area contributed by atoms with Crippen molar-refractivity contribution < 1.29 is 9.53 Å². The lowest BCUT2D eigenvalue weighted by atomic mass is 10.1. The van der Waals surface area contributed by atoms with Crippen molar-refractivity contribution in [1.29, 1.82) is 0 Å². The predicted octanol–water partition coefficient (Wildman–Crippen LogP) is 5.28. The number of esters is 1. The molecule has 0 aromatic rings. The molecule has 0 bridgehead atoms. The molecular formula is C19H28O2. The zero-order valence-corrected chi connectivity index (χ0v) is 13.2. The molecule has 1 aliphatic heterocycles. The number of cyclic esters (lactones) is 1. The number of carbonyl (C=O) groups excluding carboxylic acids is 1. The second kappa shape index (κ2) is 11.1. The number of rotatable bonds is 11. The number of ether oxygens (including phenoxy) is 1. The smallest absolute Gasteiger partial charge is 0.338 e. The highest BCUT2D eigenvalue weighted by molar-refractivity contribution is 5.93. The minimum absolute atomic E-state index is 0.0709. The van der Waals surface area contributed by atoms with Crippen molar-refractivity contribution in [2.75, 3.05) is 0 Å². The van der Waals surface area contributed by atoms with E-state index >= 15 is 0 Å². The van der Waals surface area contributed by atoms with Crippen LogP contribution in [0, 0.1) is 0 Å². The van der Waals surface area contributed by atoms with Gasteiger partial charge in [-0.2, -0.15) is 0 Å². The van der Waals surface area contributed by atoms with E-state index in [4.69, 9.17) is 4.74 Å². The van der Waals surface area contributed by atoms with Gasteiger partial charge in [-0.1, -0.05) is 62.6 Å². The maximum Gasteiger partial charge on any atom is 0.338 e. The van der Waals surface area contributed by atoms with Crippen LogP contribution in [-0.4, -0.2) is 12.1 Å². The minimum Gasteiger partial charge on any atom is -0.455 e. The van der Waals surface area contributed by atoms with Crippen molar-refractivity contribution >= 4 is 5.97 Å². The van der Waals surface area contributed by atoms with Crippen molar-refractivity contribution in [3.05, 3.63) is 48.6 Å². The summed E-state index contributed by atoms with van der Waals surface area (Å²) in [4.78, 5) is 11.4. The van der Waals surface area contributed by atoms with Gasteiger partial charge in [-0.3, -0.25) is 0 Å². The normalized spacial score (nSPS) is 18.4. The van der Waals surface area contributed by atoms with Crippen LogP contribution in [0.5, 0.6) is 0 Å². The Morgan fingerprint density at radius 3 is 2.29 bits per heavy atom. The Labute approximate surface area is 129 Å². The van der Waals surface area contributed by atoms with Gasteiger partial charge in [0.15, 0.2) is 0 Å². The third-order valence-corrected chi connectivity index (χ3v) is 3.50. The fraction of sp³-hybridized carbons (Fsp3) is 0.526. The highest BCUT2D eigenvalue weighted by atomic mass is 16.5. The molecular weight excluding hydrogens is 260 g/mol. The van der Waals surface area contributed by atoms with E-state index in [2.05, 4.69) is 18.7 Å². The Hall–Kier alpha value is -1.57. The average Bonchev–Trinajstić information content (AvgIpc) is 2.78. The molecule has 0 aromatic carbocycles. The molecule has 0 N–H and O–H groups in total. The summed E-state index contributed by atoms with van der Waals surface area (Å²) in [5, 5.41) is 0. The summed E-state index contributed by atoms with van der Waals surface area (Å²) < 4.78 is 5.04. The molecule has 1 rings (SSSR count). The molecule has 0 radical (unpaired) electrons. The summed E-state index contributed by atoms with van der Waals surface area (Å²) in [7, 11) is 0. The monoisotopic (exact) mass is 288 g/mol. The van der Waals surface area contributed by atoms with Gasteiger partial charge >= 0.3 is 5.97 Å². The molecule has 0 fully saturated rings. The van der Waals surface area contributed by atoms with Gasteiger partial charge in [0.1, 0.15) is 6.10 Å². The summed E-state index contributed by atoms with van der Waals surface area (Å²) in [6.45, 7) is 5.54. The van der Waals surface area contributed by atoms with Crippen LogP contribution in [-0.2, 0) is 9.53 Å². The molecule has 1 aliphatic rings. The Balaban J connectivity index is 1.93.